The molecule has 1 aromatic carbocycles. The average molecular weight is 421 g/mol. The third-order valence-electron chi connectivity index (χ3n) is 4.52. The van der Waals surface area contributed by atoms with Gasteiger partial charge in [-0.05, 0) is 37.6 Å². The Kier molecular flexibility index (Phi) is 5.75. The van der Waals surface area contributed by atoms with E-state index < -0.39 is 0 Å². The molecule has 3 aromatic rings. The molecule has 0 radical (unpaired) electrons. The Morgan fingerprint density at radius 3 is 2.81 bits per heavy atom. The molecule has 27 heavy (non-hydrogen) atoms. The number of hydrogen-bond acceptors (Lipinski definition) is 4. The van der Waals surface area contributed by atoms with Crippen molar-refractivity contribution in [3.05, 3.63) is 50.4 Å². The van der Waals surface area contributed by atoms with Crippen molar-refractivity contribution in [2.24, 2.45) is 0 Å². The number of carbonyl (C=O) groups is 1. The van der Waals surface area contributed by atoms with E-state index in [0.29, 0.717) is 27.9 Å². The van der Waals surface area contributed by atoms with E-state index >= 15 is 0 Å². The first kappa shape index (κ1) is 19.7. The van der Waals surface area contributed by atoms with Gasteiger partial charge in [0, 0.05) is 28.5 Å². The van der Waals surface area contributed by atoms with Crippen LogP contribution in [0.3, 0.4) is 0 Å². The van der Waals surface area contributed by atoms with Crippen LogP contribution in [0.25, 0.3) is 10.2 Å². The van der Waals surface area contributed by atoms with Crippen LogP contribution in [-0.2, 0) is 6.54 Å². The maximum atomic E-state index is 12.8. The van der Waals surface area contributed by atoms with Crippen LogP contribution in [0.15, 0.2) is 24.3 Å². The minimum absolute atomic E-state index is 0.0885. The fourth-order valence-corrected chi connectivity index (χ4v) is 4.39. The zero-order valence-electron chi connectivity index (χ0n) is 15.2. The van der Waals surface area contributed by atoms with Crippen molar-refractivity contribution in [3.8, 4) is 6.07 Å². The number of thiophene rings is 1. The second kappa shape index (κ2) is 7.89. The minimum atomic E-state index is -0.141. The van der Waals surface area contributed by atoms with Gasteiger partial charge in [-0.1, -0.05) is 29.3 Å². The average Bonchev–Trinajstić information content (AvgIpc) is 3.18. The lowest BCUT2D eigenvalue weighted by molar-refractivity contribution is 0.0751. The molecule has 1 amide bonds. The molecule has 2 heterocycles. The molecule has 0 spiro atoms. The molecule has 0 saturated heterocycles. The van der Waals surface area contributed by atoms with E-state index in [0.717, 1.165) is 21.5 Å². The monoisotopic (exact) mass is 420 g/mol. The van der Waals surface area contributed by atoms with E-state index in [2.05, 4.69) is 11.2 Å². The molecule has 2 aromatic heterocycles. The second-order valence-corrected chi connectivity index (χ2v) is 8.31. The van der Waals surface area contributed by atoms with Crippen LogP contribution >= 0.6 is 34.5 Å². The van der Waals surface area contributed by atoms with Crippen LogP contribution < -0.4 is 0 Å². The Morgan fingerprint density at radius 2 is 2.15 bits per heavy atom. The van der Waals surface area contributed by atoms with Gasteiger partial charge in [0.15, 0.2) is 0 Å². The van der Waals surface area contributed by atoms with Crippen LogP contribution in [-0.4, -0.2) is 33.7 Å². The second-order valence-electron chi connectivity index (χ2n) is 6.44. The molecular formula is C19H18Cl2N4OS. The number of hydrogen-bond donors (Lipinski definition) is 0. The number of nitriles is 1. The number of halogens is 2. The summed E-state index contributed by atoms with van der Waals surface area (Å²) in [7, 11) is 1.72. The predicted molar refractivity (Wildman–Crippen MR) is 110 cm³/mol. The van der Waals surface area contributed by atoms with Crippen molar-refractivity contribution in [2.45, 2.75) is 32.9 Å². The van der Waals surface area contributed by atoms with Crippen molar-refractivity contribution >= 4 is 50.7 Å². The summed E-state index contributed by atoms with van der Waals surface area (Å²) in [6.07, 6.45) is 0.301. The molecule has 8 heteroatoms. The van der Waals surface area contributed by atoms with E-state index in [1.165, 1.54) is 11.3 Å². The lowest BCUT2D eigenvalue weighted by atomic mass is 10.2. The highest BCUT2D eigenvalue weighted by molar-refractivity contribution is 7.20. The summed E-state index contributed by atoms with van der Waals surface area (Å²) in [6.45, 7) is 4.28. The van der Waals surface area contributed by atoms with Crippen molar-refractivity contribution in [2.75, 3.05) is 7.05 Å². The summed E-state index contributed by atoms with van der Waals surface area (Å²) in [6, 6.07) is 9.22. The summed E-state index contributed by atoms with van der Waals surface area (Å²) >= 11 is 13.7. The van der Waals surface area contributed by atoms with Crippen LogP contribution in [0.5, 0.6) is 0 Å². The first-order valence-corrected chi connectivity index (χ1v) is 9.94. The van der Waals surface area contributed by atoms with E-state index in [1.807, 2.05) is 30.7 Å². The Morgan fingerprint density at radius 1 is 1.41 bits per heavy atom. The maximum absolute atomic E-state index is 12.8. The number of rotatable bonds is 5. The van der Waals surface area contributed by atoms with Gasteiger partial charge in [-0.25, -0.2) is 0 Å². The molecule has 0 aliphatic carbocycles. The molecule has 0 fully saturated rings. The quantitative estimate of drug-likeness (QED) is 0.574. The number of aromatic nitrogens is 2. The predicted octanol–water partition coefficient (Wildman–Crippen LogP) is 5.14. The van der Waals surface area contributed by atoms with Gasteiger partial charge in [0.25, 0.3) is 5.91 Å². The van der Waals surface area contributed by atoms with Gasteiger partial charge in [0.1, 0.15) is 4.83 Å². The Labute approximate surface area is 171 Å². The van der Waals surface area contributed by atoms with Crippen LogP contribution in [0, 0.1) is 18.3 Å². The summed E-state index contributed by atoms with van der Waals surface area (Å²) in [5, 5.41) is 15.6. The van der Waals surface area contributed by atoms with Crippen LogP contribution in [0.1, 0.15) is 34.3 Å². The molecule has 3 rings (SSSR count). The Hall–Kier alpha value is -2.07. The van der Waals surface area contributed by atoms with Crippen molar-refractivity contribution in [1.29, 1.82) is 5.26 Å². The smallest absolute Gasteiger partial charge is 0.264 e. The van der Waals surface area contributed by atoms with E-state index in [4.69, 9.17) is 28.5 Å². The molecule has 0 aliphatic heterocycles. The van der Waals surface area contributed by atoms with Crippen molar-refractivity contribution in [3.63, 3.8) is 0 Å². The zero-order valence-corrected chi connectivity index (χ0v) is 17.5. The molecule has 0 aliphatic rings. The van der Waals surface area contributed by atoms with Crippen molar-refractivity contribution < 1.29 is 4.79 Å². The van der Waals surface area contributed by atoms with Crippen LogP contribution in [0.4, 0.5) is 0 Å². The van der Waals surface area contributed by atoms with Gasteiger partial charge in [0.2, 0.25) is 0 Å². The topological polar surface area (TPSA) is 61.9 Å². The van der Waals surface area contributed by atoms with Gasteiger partial charge in [0.05, 0.1) is 29.6 Å². The number of fused-ring (bicyclic) bond motifs is 1. The van der Waals surface area contributed by atoms with E-state index in [1.54, 1.807) is 24.1 Å². The lowest BCUT2D eigenvalue weighted by Gasteiger charge is -2.22. The summed E-state index contributed by atoms with van der Waals surface area (Å²) in [4.78, 5) is 15.9. The van der Waals surface area contributed by atoms with Crippen molar-refractivity contribution in [1.82, 2.24) is 14.7 Å². The largest absolute Gasteiger partial charge is 0.337 e. The molecule has 1 unspecified atom stereocenters. The highest BCUT2D eigenvalue weighted by atomic mass is 35.5. The standard InChI is InChI=1S/C19H18Cl2N4OS/c1-11(6-7-22)24(3)18(26)17-9-15-12(2)23-25(19(15)27-17)10-13-4-5-14(20)8-16(13)21/h4-5,8-9,11H,6,10H2,1-3H3. The minimum Gasteiger partial charge on any atom is -0.337 e. The SMILES string of the molecule is Cc1nn(Cc2ccc(Cl)cc2Cl)c2sc(C(=O)N(C)C(C)CC#N)cc12. The Bertz CT molecular complexity index is 1050. The Balaban J connectivity index is 1.93. The third-order valence-corrected chi connectivity index (χ3v) is 6.24. The molecule has 1 atom stereocenters. The van der Waals surface area contributed by atoms with E-state index in [-0.39, 0.29) is 11.9 Å². The van der Waals surface area contributed by atoms with Gasteiger partial charge >= 0.3 is 0 Å². The highest BCUT2D eigenvalue weighted by Gasteiger charge is 2.22. The van der Waals surface area contributed by atoms with Gasteiger partial charge in [-0.2, -0.15) is 10.4 Å². The van der Waals surface area contributed by atoms with E-state index in [9.17, 15) is 4.79 Å². The first-order valence-electron chi connectivity index (χ1n) is 8.36. The normalized spacial score (nSPS) is 12.1. The number of nitrogens with zero attached hydrogens (tertiary/aromatic N) is 4. The molecule has 0 saturated carbocycles. The fraction of sp³-hybridized carbons (Fsp3) is 0.316. The molecule has 140 valence electrons. The lowest BCUT2D eigenvalue weighted by Crippen LogP contribution is -2.34. The highest BCUT2D eigenvalue weighted by Crippen LogP contribution is 2.31. The fourth-order valence-electron chi connectivity index (χ4n) is 2.78. The van der Waals surface area contributed by atoms with Gasteiger partial charge in [-0.3, -0.25) is 9.48 Å². The molecular weight excluding hydrogens is 403 g/mol. The van der Waals surface area contributed by atoms with Gasteiger partial charge in [-0.15, -0.1) is 11.3 Å². The first-order chi connectivity index (χ1) is 12.8. The summed E-state index contributed by atoms with van der Waals surface area (Å²) in [5.74, 6) is -0.0885. The summed E-state index contributed by atoms with van der Waals surface area (Å²) < 4.78 is 1.86. The summed E-state index contributed by atoms with van der Waals surface area (Å²) in [5.41, 5.74) is 1.77. The number of amides is 1. The third kappa shape index (κ3) is 3.96. The number of carbonyl (C=O) groups excluding carboxylic acids is 1. The van der Waals surface area contributed by atoms with Gasteiger partial charge < -0.3 is 4.90 Å². The number of benzene rings is 1. The molecule has 0 N–H and O–H groups in total. The van der Waals surface area contributed by atoms with Crippen LogP contribution in [0.2, 0.25) is 10.0 Å². The zero-order chi connectivity index (χ0) is 19.7. The number of aryl methyl sites for hydroxylation is 1. The molecule has 5 nitrogen and oxygen atoms in total. The maximum Gasteiger partial charge on any atom is 0.264 e. The molecule has 0 bridgehead atoms.